The molecule has 2 aliphatic rings. The van der Waals surface area contributed by atoms with Gasteiger partial charge in [0.1, 0.15) is 0 Å². The van der Waals surface area contributed by atoms with Gasteiger partial charge in [-0.3, -0.25) is 9.88 Å². The van der Waals surface area contributed by atoms with Crippen LogP contribution in [0.5, 0.6) is 0 Å². The maximum atomic E-state index is 12.5. The average molecular weight is 329 g/mol. The van der Waals surface area contributed by atoms with Gasteiger partial charge < -0.3 is 10.0 Å². The van der Waals surface area contributed by atoms with Gasteiger partial charge in [-0.2, -0.15) is 13.2 Å². The highest BCUT2D eigenvalue weighted by Gasteiger charge is 2.46. The Labute approximate surface area is 131 Å². The summed E-state index contributed by atoms with van der Waals surface area (Å²) < 4.78 is 37.5. The van der Waals surface area contributed by atoms with Crippen LogP contribution in [-0.4, -0.2) is 52.2 Å². The SMILES string of the molecule is O=C(O)N1CC2(CCN(Cc3ccc(C(F)(F)F)cn3)CC2)C1. The Balaban J connectivity index is 1.51. The molecule has 2 aliphatic heterocycles. The lowest BCUT2D eigenvalue weighted by atomic mass is 9.72. The predicted octanol–water partition coefficient (Wildman–Crippen LogP) is 2.68. The number of rotatable bonds is 2. The molecule has 0 atom stereocenters. The number of hydrogen-bond acceptors (Lipinski definition) is 3. The van der Waals surface area contributed by atoms with Gasteiger partial charge in [0.05, 0.1) is 11.3 Å². The minimum absolute atomic E-state index is 0.0997. The van der Waals surface area contributed by atoms with Crippen LogP contribution in [0.25, 0.3) is 0 Å². The molecule has 1 spiro atoms. The van der Waals surface area contributed by atoms with Crippen LogP contribution < -0.4 is 0 Å². The second kappa shape index (κ2) is 5.67. The highest BCUT2D eigenvalue weighted by Crippen LogP contribution is 2.40. The van der Waals surface area contributed by atoms with Gasteiger partial charge in [0, 0.05) is 31.2 Å². The van der Waals surface area contributed by atoms with E-state index in [0.717, 1.165) is 38.2 Å². The van der Waals surface area contributed by atoms with Crippen LogP contribution in [0.4, 0.5) is 18.0 Å². The van der Waals surface area contributed by atoms with E-state index >= 15 is 0 Å². The number of hydrogen-bond donors (Lipinski definition) is 1. The van der Waals surface area contributed by atoms with Crippen LogP contribution in [0.2, 0.25) is 0 Å². The van der Waals surface area contributed by atoms with Crippen LogP contribution in [-0.2, 0) is 12.7 Å². The molecule has 1 aromatic rings. The molecule has 23 heavy (non-hydrogen) atoms. The normalized spacial score (nSPS) is 21.3. The molecule has 126 valence electrons. The summed E-state index contributed by atoms with van der Waals surface area (Å²) in [5, 5.41) is 8.90. The molecule has 3 heterocycles. The fraction of sp³-hybridized carbons (Fsp3) is 0.600. The van der Waals surface area contributed by atoms with E-state index in [1.807, 2.05) is 0 Å². The maximum absolute atomic E-state index is 12.5. The number of carboxylic acid groups (broad SMARTS) is 1. The molecule has 5 nitrogen and oxygen atoms in total. The average Bonchev–Trinajstić information content (AvgIpc) is 2.45. The van der Waals surface area contributed by atoms with Crippen LogP contribution in [0.3, 0.4) is 0 Å². The van der Waals surface area contributed by atoms with E-state index in [0.29, 0.717) is 25.3 Å². The van der Waals surface area contributed by atoms with Gasteiger partial charge in [-0.25, -0.2) is 4.79 Å². The zero-order chi connectivity index (χ0) is 16.7. The van der Waals surface area contributed by atoms with Crippen LogP contribution >= 0.6 is 0 Å². The summed E-state index contributed by atoms with van der Waals surface area (Å²) in [6.07, 6.45) is -2.53. The Morgan fingerprint density at radius 3 is 2.39 bits per heavy atom. The summed E-state index contributed by atoms with van der Waals surface area (Å²) in [5.41, 5.74) is -0.0144. The zero-order valence-corrected chi connectivity index (χ0v) is 12.5. The summed E-state index contributed by atoms with van der Waals surface area (Å²) in [6, 6.07) is 2.48. The van der Waals surface area contributed by atoms with E-state index < -0.39 is 17.8 Å². The Kier molecular flexibility index (Phi) is 3.95. The lowest BCUT2D eigenvalue weighted by Crippen LogP contribution is -2.61. The molecule has 1 amide bonds. The molecular formula is C15H18F3N3O2. The van der Waals surface area contributed by atoms with Gasteiger partial charge in [-0.15, -0.1) is 0 Å². The number of alkyl halides is 3. The number of pyridine rings is 1. The van der Waals surface area contributed by atoms with E-state index in [-0.39, 0.29) is 5.41 Å². The van der Waals surface area contributed by atoms with Crippen LogP contribution in [0.15, 0.2) is 18.3 Å². The number of halogens is 3. The first kappa shape index (κ1) is 16.0. The quantitative estimate of drug-likeness (QED) is 0.906. The molecule has 2 saturated heterocycles. The van der Waals surface area contributed by atoms with Crippen molar-refractivity contribution in [3.63, 3.8) is 0 Å². The molecule has 3 rings (SSSR count). The summed E-state index contributed by atoms with van der Waals surface area (Å²) in [7, 11) is 0. The van der Waals surface area contributed by atoms with Gasteiger partial charge in [0.25, 0.3) is 0 Å². The number of carbonyl (C=O) groups is 1. The number of nitrogens with zero attached hydrogens (tertiary/aromatic N) is 3. The predicted molar refractivity (Wildman–Crippen MR) is 75.8 cm³/mol. The molecule has 0 radical (unpaired) electrons. The standard InChI is InChI=1S/C15H18F3N3O2/c16-15(17,18)11-1-2-12(19-7-11)8-20-5-3-14(4-6-20)9-21(10-14)13(22)23/h1-2,7H,3-6,8-10H2,(H,22,23). The molecule has 1 N–H and O–H groups in total. The van der Waals surface area contributed by atoms with Crippen LogP contribution in [0, 0.1) is 5.41 Å². The number of amides is 1. The molecule has 2 fully saturated rings. The van der Waals surface area contributed by atoms with Crippen molar-refractivity contribution < 1.29 is 23.1 Å². The number of aromatic nitrogens is 1. The van der Waals surface area contributed by atoms with E-state index in [1.54, 1.807) is 0 Å². The summed E-state index contributed by atoms with van der Waals surface area (Å²) >= 11 is 0. The van der Waals surface area contributed by atoms with Crippen molar-refractivity contribution >= 4 is 6.09 Å². The van der Waals surface area contributed by atoms with Crippen molar-refractivity contribution in [3.8, 4) is 0 Å². The van der Waals surface area contributed by atoms with Crippen molar-refractivity contribution in [2.24, 2.45) is 5.41 Å². The molecular weight excluding hydrogens is 311 g/mol. The number of likely N-dealkylation sites (tertiary alicyclic amines) is 2. The monoisotopic (exact) mass is 329 g/mol. The number of piperidine rings is 1. The molecule has 0 bridgehead atoms. The lowest BCUT2D eigenvalue weighted by molar-refractivity contribution is -0.137. The Bertz CT molecular complexity index is 573. The smallest absolute Gasteiger partial charge is 0.417 e. The van der Waals surface area contributed by atoms with Gasteiger partial charge >= 0.3 is 12.3 Å². The summed E-state index contributed by atoms with van der Waals surface area (Å²) in [5.74, 6) is 0. The van der Waals surface area contributed by atoms with Crippen molar-refractivity contribution in [3.05, 3.63) is 29.6 Å². The Hall–Kier alpha value is -1.83. The van der Waals surface area contributed by atoms with E-state index in [4.69, 9.17) is 5.11 Å². The summed E-state index contributed by atoms with van der Waals surface area (Å²) in [4.78, 5) is 18.3. The Morgan fingerprint density at radius 1 is 1.26 bits per heavy atom. The maximum Gasteiger partial charge on any atom is 0.417 e. The summed E-state index contributed by atoms with van der Waals surface area (Å²) in [6.45, 7) is 3.34. The highest BCUT2D eigenvalue weighted by atomic mass is 19.4. The lowest BCUT2D eigenvalue weighted by Gasteiger charge is -2.52. The third-order valence-corrected chi connectivity index (χ3v) is 4.78. The first-order valence-electron chi connectivity index (χ1n) is 7.50. The van der Waals surface area contributed by atoms with Gasteiger partial charge in [0.2, 0.25) is 0 Å². The van der Waals surface area contributed by atoms with Gasteiger partial charge in [0.15, 0.2) is 0 Å². The second-order valence-electron chi connectivity index (χ2n) is 6.45. The minimum atomic E-state index is -4.36. The van der Waals surface area contributed by atoms with Crippen molar-refractivity contribution in [2.45, 2.75) is 25.6 Å². The largest absolute Gasteiger partial charge is 0.465 e. The van der Waals surface area contributed by atoms with Gasteiger partial charge in [-0.05, 0) is 38.1 Å². The first-order valence-corrected chi connectivity index (χ1v) is 7.50. The minimum Gasteiger partial charge on any atom is -0.465 e. The topological polar surface area (TPSA) is 56.7 Å². The van der Waals surface area contributed by atoms with E-state index in [1.165, 1.54) is 11.0 Å². The van der Waals surface area contributed by atoms with Crippen molar-refractivity contribution in [1.82, 2.24) is 14.8 Å². The van der Waals surface area contributed by atoms with Crippen molar-refractivity contribution in [2.75, 3.05) is 26.2 Å². The van der Waals surface area contributed by atoms with Crippen molar-refractivity contribution in [1.29, 1.82) is 0 Å². The van der Waals surface area contributed by atoms with Crippen LogP contribution in [0.1, 0.15) is 24.1 Å². The third-order valence-electron chi connectivity index (χ3n) is 4.78. The zero-order valence-electron chi connectivity index (χ0n) is 12.5. The fourth-order valence-corrected chi connectivity index (χ4v) is 3.32. The van der Waals surface area contributed by atoms with E-state index in [9.17, 15) is 18.0 Å². The molecule has 0 saturated carbocycles. The van der Waals surface area contributed by atoms with Gasteiger partial charge in [-0.1, -0.05) is 0 Å². The van der Waals surface area contributed by atoms with E-state index in [2.05, 4.69) is 9.88 Å². The second-order valence-corrected chi connectivity index (χ2v) is 6.45. The molecule has 8 heteroatoms. The fourth-order valence-electron chi connectivity index (χ4n) is 3.32. The highest BCUT2D eigenvalue weighted by molar-refractivity contribution is 5.66. The first-order chi connectivity index (χ1) is 10.8. The third kappa shape index (κ3) is 3.41. The molecule has 0 aromatic carbocycles. The molecule has 0 unspecified atom stereocenters. The Morgan fingerprint density at radius 2 is 1.91 bits per heavy atom. The molecule has 0 aliphatic carbocycles. The molecule has 1 aromatic heterocycles.